The summed E-state index contributed by atoms with van der Waals surface area (Å²) in [6.07, 6.45) is -1.72. The van der Waals surface area contributed by atoms with Crippen LogP contribution >= 0.6 is 0 Å². The van der Waals surface area contributed by atoms with E-state index in [1.54, 1.807) is 6.92 Å². The average molecular weight is 573 g/mol. The molecule has 0 spiro atoms. The first kappa shape index (κ1) is 27.0. The number of fused-ring (bicyclic) bond motifs is 4. The van der Waals surface area contributed by atoms with Crippen LogP contribution in [0.15, 0.2) is 48.0 Å². The van der Waals surface area contributed by atoms with Crippen molar-refractivity contribution < 1.29 is 53.8 Å². The molecule has 214 valence electrons. The maximum Gasteiger partial charge on any atom is 0.358 e. The number of carbonyl (C=O) groups is 4. The summed E-state index contributed by atoms with van der Waals surface area (Å²) >= 11 is 0. The molecule has 11 heteroatoms. The van der Waals surface area contributed by atoms with Crippen molar-refractivity contribution in [1.29, 1.82) is 0 Å². The molecule has 3 aromatic carbocycles. The highest BCUT2D eigenvalue weighted by Crippen LogP contribution is 2.52. The number of rotatable bonds is 3. The van der Waals surface area contributed by atoms with Gasteiger partial charge in [0.15, 0.2) is 23.1 Å². The third-order valence-electron chi connectivity index (χ3n) is 7.97. The number of aromatic hydroxyl groups is 2. The number of hydrogen-bond acceptors (Lipinski definition) is 11. The second-order valence-corrected chi connectivity index (χ2v) is 10.5. The molecule has 0 saturated heterocycles. The van der Waals surface area contributed by atoms with Gasteiger partial charge in [-0.1, -0.05) is 25.1 Å². The van der Waals surface area contributed by atoms with Crippen LogP contribution in [-0.2, 0) is 14.3 Å². The summed E-state index contributed by atoms with van der Waals surface area (Å²) in [6, 6.07) is 9.68. The van der Waals surface area contributed by atoms with Gasteiger partial charge in [0.25, 0.3) is 5.60 Å². The van der Waals surface area contributed by atoms with E-state index >= 15 is 0 Å². The Kier molecular flexibility index (Phi) is 5.91. The minimum atomic E-state index is -2.33. The first-order chi connectivity index (χ1) is 19.9. The number of phenolic OH excluding ortho intramolecular Hbond substituents is 2. The summed E-state index contributed by atoms with van der Waals surface area (Å²) in [5.41, 5.74) is -3.44. The molecule has 0 amide bonds. The molecule has 2 aliphatic carbocycles. The smallest absolute Gasteiger partial charge is 0.358 e. The highest BCUT2D eigenvalue weighted by atomic mass is 16.6. The molecule has 11 nitrogen and oxygen atoms in total. The Morgan fingerprint density at radius 2 is 1.69 bits per heavy atom. The predicted octanol–water partition coefficient (Wildman–Crippen LogP) is 3.52. The molecule has 3 atom stereocenters. The topological polar surface area (TPSA) is 177 Å². The summed E-state index contributed by atoms with van der Waals surface area (Å²) < 4.78 is 16.9. The van der Waals surface area contributed by atoms with Gasteiger partial charge in [0.05, 0.1) is 23.8 Å². The van der Waals surface area contributed by atoms with Crippen molar-refractivity contribution in [3.05, 3.63) is 81.4 Å². The Balaban J connectivity index is 1.51. The average Bonchev–Trinajstić information content (AvgIpc) is 2.95. The van der Waals surface area contributed by atoms with Gasteiger partial charge in [-0.05, 0) is 42.7 Å². The van der Waals surface area contributed by atoms with Crippen LogP contribution < -0.4 is 9.47 Å². The van der Waals surface area contributed by atoms with Crippen LogP contribution in [0.1, 0.15) is 56.3 Å². The number of esters is 1. The lowest BCUT2D eigenvalue weighted by molar-refractivity contribution is -0.173. The maximum atomic E-state index is 13.4. The molecule has 0 bridgehead atoms. The predicted molar refractivity (Wildman–Crippen MR) is 144 cm³/mol. The van der Waals surface area contributed by atoms with Gasteiger partial charge in [0.2, 0.25) is 5.78 Å². The Labute approximate surface area is 238 Å². The second-order valence-electron chi connectivity index (χ2n) is 10.5. The number of carbonyl (C=O) groups excluding carboxylic acids is 4. The molecule has 6 rings (SSSR count). The first-order valence-corrected chi connectivity index (χ1v) is 13.0. The van der Waals surface area contributed by atoms with Crippen molar-refractivity contribution in [2.24, 2.45) is 5.92 Å². The third kappa shape index (κ3) is 3.43. The van der Waals surface area contributed by atoms with Gasteiger partial charge in [-0.15, -0.1) is 0 Å². The summed E-state index contributed by atoms with van der Waals surface area (Å²) in [6.45, 7) is 3.09. The summed E-state index contributed by atoms with van der Waals surface area (Å²) in [7, 11) is 1.06. The number of ketones is 3. The Morgan fingerprint density at radius 1 is 0.976 bits per heavy atom. The first-order valence-electron chi connectivity index (χ1n) is 13.0. The van der Waals surface area contributed by atoms with E-state index in [0.717, 1.165) is 7.11 Å². The van der Waals surface area contributed by atoms with E-state index < -0.39 is 63.8 Å². The van der Waals surface area contributed by atoms with Crippen molar-refractivity contribution in [3.8, 4) is 28.7 Å². The maximum absolute atomic E-state index is 13.4. The lowest BCUT2D eigenvalue weighted by Gasteiger charge is -2.45. The van der Waals surface area contributed by atoms with Crippen LogP contribution in [0.5, 0.6) is 28.7 Å². The highest BCUT2D eigenvalue weighted by molar-refractivity contribution is 6.30. The Morgan fingerprint density at radius 3 is 2.40 bits per heavy atom. The SMILES string of the molecule is COC(=O)[C@]12Oc3cccc(Oc4c(C)cc5c(c4O)C(=O)c4c(O)cccc4C5=O)c3C(O)=C1C(=O)C[C@@H](C)[C@H]2O. The highest BCUT2D eigenvalue weighted by Gasteiger charge is 2.63. The van der Waals surface area contributed by atoms with Gasteiger partial charge in [0.1, 0.15) is 34.7 Å². The second kappa shape index (κ2) is 9.18. The van der Waals surface area contributed by atoms with Crippen LogP contribution in [0.2, 0.25) is 0 Å². The minimum absolute atomic E-state index is 0.00598. The number of Topliss-reactive ketones (excluding diaryl/α,β-unsaturated/α-hetero) is 1. The van der Waals surface area contributed by atoms with Crippen LogP contribution in [0.3, 0.4) is 0 Å². The molecule has 3 aromatic rings. The van der Waals surface area contributed by atoms with Gasteiger partial charge >= 0.3 is 5.97 Å². The van der Waals surface area contributed by atoms with Gasteiger partial charge in [-0.25, -0.2) is 4.79 Å². The summed E-state index contributed by atoms with van der Waals surface area (Å²) in [5.74, 6) is -6.08. The van der Waals surface area contributed by atoms with Crippen molar-refractivity contribution in [2.75, 3.05) is 7.11 Å². The molecular weight excluding hydrogens is 548 g/mol. The molecule has 1 heterocycles. The number of aliphatic hydroxyl groups is 2. The summed E-state index contributed by atoms with van der Waals surface area (Å²) in [4.78, 5) is 52.7. The van der Waals surface area contributed by atoms with E-state index in [0.29, 0.717) is 0 Å². The fraction of sp³-hybridized carbons (Fsp3) is 0.226. The normalized spacial score (nSPS) is 22.4. The number of phenols is 2. The summed E-state index contributed by atoms with van der Waals surface area (Å²) in [5, 5.41) is 44.0. The fourth-order valence-corrected chi connectivity index (χ4v) is 5.98. The number of ether oxygens (including phenoxy) is 3. The lowest BCUT2D eigenvalue weighted by atomic mass is 9.69. The number of aliphatic hydroxyl groups excluding tert-OH is 2. The number of benzene rings is 3. The fourth-order valence-electron chi connectivity index (χ4n) is 5.98. The molecule has 4 N–H and O–H groups in total. The zero-order valence-corrected chi connectivity index (χ0v) is 22.5. The van der Waals surface area contributed by atoms with E-state index in [1.165, 1.54) is 49.4 Å². The number of methoxy groups -OCH3 is 1. The van der Waals surface area contributed by atoms with Gasteiger partial charge in [0, 0.05) is 17.5 Å². The zero-order valence-electron chi connectivity index (χ0n) is 22.5. The Hall–Kier alpha value is -5.16. The molecule has 1 fully saturated rings. The largest absolute Gasteiger partial charge is 0.507 e. The molecule has 3 aliphatic rings. The molecule has 0 unspecified atom stereocenters. The monoisotopic (exact) mass is 572 g/mol. The van der Waals surface area contributed by atoms with Gasteiger partial charge < -0.3 is 34.6 Å². The van der Waals surface area contributed by atoms with E-state index in [-0.39, 0.29) is 57.1 Å². The zero-order chi connectivity index (χ0) is 30.2. The molecule has 0 aromatic heterocycles. The van der Waals surface area contributed by atoms with E-state index in [4.69, 9.17) is 14.2 Å². The van der Waals surface area contributed by atoms with E-state index in [2.05, 4.69) is 0 Å². The van der Waals surface area contributed by atoms with Crippen LogP contribution in [-0.4, -0.2) is 62.6 Å². The lowest BCUT2D eigenvalue weighted by Crippen LogP contribution is -2.64. The standard InChI is InChI=1S/C31H24O11/c1-12-10-15-21(25(35)20-14(24(15)34)6-4-7-16(20)32)27(37)28(12)41-18-8-5-9-19-22(18)26(36)23-17(33)11-13(2)29(38)31(23,42-19)30(39)40-3/h4-10,13,29,32,36-38H,11H2,1-3H3/t13-,29-,31+/m1/s1. The van der Waals surface area contributed by atoms with Gasteiger partial charge in [-0.2, -0.15) is 0 Å². The quantitative estimate of drug-likeness (QED) is 0.264. The third-order valence-corrected chi connectivity index (χ3v) is 7.97. The van der Waals surface area contributed by atoms with Crippen LogP contribution in [0, 0.1) is 12.8 Å². The number of hydrogen-bond donors (Lipinski definition) is 4. The molecular formula is C31H24O11. The molecule has 0 radical (unpaired) electrons. The van der Waals surface area contributed by atoms with Crippen molar-refractivity contribution >= 4 is 29.1 Å². The Bertz CT molecular complexity index is 1800. The van der Waals surface area contributed by atoms with Crippen molar-refractivity contribution in [1.82, 2.24) is 0 Å². The molecule has 1 saturated carbocycles. The van der Waals surface area contributed by atoms with Crippen molar-refractivity contribution in [2.45, 2.75) is 32.0 Å². The van der Waals surface area contributed by atoms with E-state index in [1.807, 2.05) is 0 Å². The van der Waals surface area contributed by atoms with Crippen molar-refractivity contribution in [3.63, 3.8) is 0 Å². The molecule has 42 heavy (non-hydrogen) atoms. The van der Waals surface area contributed by atoms with Crippen LogP contribution in [0.25, 0.3) is 5.76 Å². The van der Waals surface area contributed by atoms with E-state index in [9.17, 15) is 39.6 Å². The molecule has 1 aliphatic heterocycles. The van der Waals surface area contributed by atoms with Gasteiger partial charge in [-0.3, -0.25) is 14.4 Å². The van der Waals surface area contributed by atoms with Crippen LogP contribution in [0.4, 0.5) is 0 Å². The number of aryl methyl sites for hydroxylation is 1. The minimum Gasteiger partial charge on any atom is -0.507 e.